The summed E-state index contributed by atoms with van der Waals surface area (Å²) < 4.78 is 35.2. The van der Waals surface area contributed by atoms with Crippen molar-refractivity contribution < 1.29 is 17.9 Å². The summed E-state index contributed by atoms with van der Waals surface area (Å²) in [6, 6.07) is 6.20. The van der Waals surface area contributed by atoms with Gasteiger partial charge in [0.2, 0.25) is 10.0 Å². The molecule has 0 atom stereocenters. The molecule has 1 aromatic carbocycles. The van der Waals surface area contributed by atoms with Crippen molar-refractivity contribution in [2.24, 2.45) is 0 Å². The van der Waals surface area contributed by atoms with Crippen molar-refractivity contribution >= 4 is 21.7 Å². The first-order chi connectivity index (χ1) is 14.2. The number of rotatable bonds is 6. The Hall–Kier alpha value is -2.39. The Labute approximate surface area is 184 Å². The molecule has 0 saturated heterocycles. The van der Waals surface area contributed by atoms with Gasteiger partial charge in [-0.3, -0.25) is 4.79 Å². The number of nitrogens with zero attached hydrogens (tertiary/aromatic N) is 2. The normalized spacial score (nSPS) is 15.1. The van der Waals surface area contributed by atoms with Gasteiger partial charge >= 0.3 is 0 Å². The van der Waals surface area contributed by atoms with Crippen LogP contribution in [0.3, 0.4) is 0 Å². The third-order valence-electron chi connectivity index (χ3n) is 4.97. The molecule has 1 aliphatic rings. The molecule has 1 aromatic heterocycles. The highest BCUT2D eigenvalue weighted by atomic mass is 32.2. The molecule has 8 nitrogen and oxygen atoms in total. The molecule has 0 spiro atoms. The number of carbonyl (C=O) groups is 1. The van der Waals surface area contributed by atoms with E-state index in [2.05, 4.69) is 30.8 Å². The first-order valence-corrected chi connectivity index (χ1v) is 11.8. The highest BCUT2D eigenvalue weighted by Gasteiger charge is 2.31. The van der Waals surface area contributed by atoms with Crippen molar-refractivity contribution in [3.8, 4) is 5.75 Å². The maximum Gasteiger partial charge on any atom is 0.256 e. The summed E-state index contributed by atoms with van der Waals surface area (Å²) in [5, 5.41) is 7.60. The topological polar surface area (TPSA) is 102 Å². The second kappa shape index (κ2) is 7.94. The van der Waals surface area contributed by atoms with Gasteiger partial charge in [0.25, 0.3) is 5.91 Å². The van der Waals surface area contributed by atoms with Gasteiger partial charge in [-0.2, -0.15) is 5.10 Å². The van der Waals surface area contributed by atoms with E-state index < -0.39 is 15.9 Å². The summed E-state index contributed by atoms with van der Waals surface area (Å²) in [6.07, 6.45) is 1.63. The Morgan fingerprint density at radius 2 is 1.77 bits per heavy atom. The highest BCUT2D eigenvalue weighted by Crippen LogP contribution is 2.30. The minimum absolute atomic E-state index is 0.0470. The van der Waals surface area contributed by atoms with E-state index in [0.29, 0.717) is 5.82 Å². The van der Waals surface area contributed by atoms with Crippen molar-refractivity contribution in [2.75, 3.05) is 12.4 Å². The molecule has 1 fully saturated rings. The first kappa shape index (κ1) is 23.3. The zero-order valence-corrected chi connectivity index (χ0v) is 20.1. The van der Waals surface area contributed by atoms with Crippen LogP contribution < -0.4 is 14.8 Å². The van der Waals surface area contributed by atoms with Gasteiger partial charge in [-0.25, -0.2) is 17.8 Å². The number of benzene rings is 1. The summed E-state index contributed by atoms with van der Waals surface area (Å²) in [4.78, 5) is 13.0. The lowest BCUT2D eigenvalue weighted by Gasteiger charge is -2.23. The SMILES string of the molecule is COc1ccc(C(=O)Nc2cc(C(C)(C)C)nn2C(C)(C)C)cc1S(=O)(=O)NC1CC1. The number of aromatic nitrogens is 2. The lowest BCUT2D eigenvalue weighted by atomic mass is 9.92. The molecule has 0 unspecified atom stereocenters. The molecule has 0 bridgehead atoms. The zero-order valence-electron chi connectivity index (χ0n) is 19.2. The van der Waals surface area contributed by atoms with Crippen molar-refractivity contribution in [3.63, 3.8) is 0 Å². The summed E-state index contributed by atoms with van der Waals surface area (Å²) >= 11 is 0. The summed E-state index contributed by atoms with van der Waals surface area (Å²) in [6.45, 7) is 12.2. The lowest BCUT2D eigenvalue weighted by Crippen LogP contribution is -2.28. The van der Waals surface area contributed by atoms with E-state index in [9.17, 15) is 13.2 Å². The lowest BCUT2D eigenvalue weighted by molar-refractivity contribution is 0.102. The van der Waals surface area contributed by atoms with Crippen LogP contribution in [0.4, 0.5) is 5.82 Å². The molecule has 170 valence electrons. The van der Waals surface area contributed by atoms with E-state index in [1.165, 1.54) is 19.2 Å². The molecule has 1 amide bonds. The monoisotopic (exact) mass is 448 g/mol. The van der Waals surface area contributed by atoms with Gasteiger partial charge in [-0.05, 0) is 51.8 Å². The Bertz CT molecular complexity index is 1090. The zero-order chi connectivity index (χ0) is 23.2. The van der Waals surface area contributed by atoms with Gasteiger partial charge < -0.3 is 10.1 Å². The number of anilines is 1. The minimum atomic E-state index is -3.79. The van der Waals surface area contributed by atoms with E-state index in [1.54, 1.807) is 10.7 Å². The highest BCUT2D eigenvalue weighted by molar-refractivity contribution is 7.89. The van der Waals surface area contributed by atoms with E-state index in [1.807, 2.05) is 26.8 Å². The van der Waals surface area contributed by atoms with Crippen LogP contribution in [0.25, 0.3) is 0 Å². The van der Waals surface area contributed by atoms with E-state index >= 15 is 0 Å². The molecule has 0 radical (unpaired) electrons. The van der Waals surface area contributed by atoms with E-state index in [4.69, 9.17) is 9.84 Å². The van der Waals surface area contributed by atoms with Gasteiger partial charge in [-0.1, -0.05) is 20.8 Å². The van der Waals surface area contributed by atoms with Crippen molar-refractivity contribution in [1.29, 1.82) is 0 Å². The van der Waals surface area contributed by atoms with Crippen molar-refractivity contribution in [2.45, 2.75) is 76.3 Å². The molecular weight excluding hydrogens is 416 g/mol. The Balaban J connectivity index is 1.96. The Kier molecular flexibility index (Phi) is 5.96. The third kappa shape index (κ3) is 5.27. The maximum atomic E-state index is 13.1. The van der Waals surface area contributed by atoms with Crippen LogP contribution in [-0.4, -0.2) is 37.3 Å². The van der Waals surface area contributed by atoms with Gasteiger partial charge in [0.05, 0.1) is 18.3 Å². The summed E-state index contributed by atoms with van der Waals surface area (Å²) in [5.74, 6) is 0.328. The number of ether oxygens (including phenoxy) is 1. The molecule has 0 aliphatic heterocycles. The fraction of sp³-hybridized carbons (Fsp3) is 0.545. The number of amides is 1. The standard InChI is InChI=1S/C22H32N4O4S/c1-21(2,3)18-13-19(26(24-18)22(4,5)6)23-20(27)14-8-11-16(30-7)17(12-14)31(28,29)25-15-9-10-15/h8,11-13,15,25H,9-10H2,1-7H3,(H,23,27). The van der Waals surface area contributed by atoms with Gasteiger partial charge in [0.15, 0.2) is 0 Å². The fourth-order valence-corrected chi connectivity index (χ4v) is 4.55. The number of carbonyl (C=O) groups excluding carboxylic acids is 1. The molecule has 9 heteroatoms. The molecular formula is C22H32N4O4S. The molecule has 1 heterocycles. The molecule has 3 rings (SSSR count). The van der Waals surface area contributed by atoms with Crippen LogP contribution >= 0.6 is 0 Å². The number of hydrogen-bond donors (Lipinski definition) is 2. The molecule has 2 aromatic rings. The van der Waals surface area contributed by atoms with Crippen molar-refractivity contribution in [3.05, 3.63) is 35.5 Å². The van der Waals surface area contributed by atoms with Crippen LogP contribution in [0.2, 0.25) is 0 Å². The smallest absolute Gasteiger partial charge is 0.256 e. The summed E-state index contributed by atoms with van der Waals surface area (Å²) in [7, 11) is -2.38. The van der Waals surface area contributed by atoms with E-state index in [0.717, 1.165) is 18.5 Å². The molecule has 2 N–H and O–H groups in total. The maximum absolute atomic E-state index is 13.1. The first-order valence-electron chi connectivity index (χ1n) is 10.3. The van der Waals surface area contributed by atoms with Gasteiger partial charge in [-0.15, -0.1) is 0 Å². The molecule has 31 heavy (non-hydrogen) atoms. The Morgan fingerprint density at radius 1 is 1.13 bits per heavy atom. The number of sulfonamides is 1. The summed E-state index contributed by atoms with van der Waals surface area (Å²) in [5.41, 5.74) is 0.529. The Morgan fingerprint density at radius 3 is 2.29 bits per heavy atom. The van der Waals surface area contributed by atoms with Gasteiger partial charge in [0.1, 0.15) is 16.5 Å². The van der Waals surface area contributed by atoms with Gasteiger partial charge in [0, 0.05) is 23.1 Å². The third-order valence-corrected chi connectivity index (χ3v) is 6.51. The second-order valence-electron chi connectivity index (χ2n) is 9.96. The fourth-order valence-electron chi connectivity index (χ4n) is 3.05. The number of methoxy groups -OCH3 is 1. The van der Waals surface area contributed by atoms with Crippen molar-refractivity contribution in [1.82, 2.24) is 14.5 Å². The minimum Gasteiger partial charge on any atom is -0.495 e. The number of hydrogen-bond acceptors (Lipinski definition) is 5. The average molecular weight is 449 g/mol. The van der Waals surface area contributed by atoms with Crippen LogP contribution in [0, 0.1) is 0 Å². The quantitative estimate of drug-likeness (QED) is 0.702. The predicted molar refractivity (Wildman–Crippen MR) is 120 cm³/mol. The van der Waals surface area contributed by atoms with Crippen LogP contribution in [0.15, 0.2) is 29.2 Å². The predicted octanol–water partition coefficient (Wildman–Crippen LogP) is 3.64. The van der Waals surface area contributed by atoms with Crippen LogP contribution in [0.5, 0.6) is 5.75 Å². The van der Waals surface area contributed by atoms with E-state index in [-0.39, 0.29) is 33.2 Å². The number of nitrogens with one attached hydrogen (secondary N) is 2. The van der Waals surface area contributed by atoms with Crippen LogP contribution in [-0.2, 0) is 21.0 Å². The largest absolute Gasteiger partial charge is 0.495 e. The molecule has 1 saturated carbocycles. The second-order valence-corrected chi connectivity index (χ2v) is 11.6. The average Bonchev–Trinajstić information content (AvgIpc) is 3.33. The van der Waals surface area contributed by atoms with Crippen LogP contribution in [0.1, 0.15) is 70.4 Å². The molecule has 1 aliphatic carbocycles.